The normalized spacial score (nSPS) is 16.5. The van der Waals surface area contributed by atoms with Gasteiger partial charge in [0.2, 0.25) is 0 Å². The van der Waals surface area contributed by atoms with Gasteiger partial charge in [0.25, 0.3) is 5.69 Å². The van der Waals surface area contributed by atoms with E-state index in [2.05, 4.69) is 30.6 Å². The van der Waals surface area contributed by atoms with Crippen LogP contribution in [0.3, 0.4) is 0 Å². The molecule has 0 bridgehead atoms. The molecule has 1 unspecified atom stereocenters. The fraction of sp³-hybridized carbons (Fsp3) is 0.357. The molecule has 1 atom stereocenters. The van der Waals surface area contributed by atoms with Crippen molar-refractivity contribution in [3.8, 4) is 0 Å². The molecule has 2 aromatic heterocycles. The Kier molecular flexibility index (Phi) is 3.80. The van der Waals surface area contributed by atoms with Crippen LogP contribution in [0.15, 0.2) is 15.7 Å². The third-order valence-corrected chi connectivity index (χ3v) is 4.41. The van der Waals surface area contributed by atoms with Gasteiger partial charge in [0.15, 0.2) is 5.82 Å². The minimum atomic E-state index is -0.854. The van der Waals surface area contributed by atoms with Gasteiger partial charge in [-0.25, -0.2) is 5.10 Å². The number of nitro benzene ring substituents is 1. The van der Waals surface area contributed by atoms with Crippen LogP contribution in [0, 0.1) is 10.1 Å². The van der Waals surface area contributed by atoms with Gasteiger partial charge >= 0.3 is 11.1 Å². The van der Waals surface area contributed by atoms with E-state index >= 15 is 0 Å². The number of tetrazole rings is 1. The Balaban J connectivity index is 1.75. The SMILES string of the molecule is O=c1[nH]c2cc([N+](=O)[O-])c3c(c2[nH]c1=O)CC(OCc1nnn[nH]1)CC3. The number of nitro groups is 1. The van der Waals surface area contributed by atoms with E-state index in [1.54, 1.807) is 0 Å². The summed E-state index contributed by atoms with van der Waals surface area (Å²) in [5.74, 6) is 0.470. The summed E-state index contributed by atoms with van der Waals surface area (Å²) in [7, 11) is 0. The standard InChI is InChI=1S/C14H13N7O5/c22-13-14(23)16-12-8-3-6(26-5-11-17-19-20-18-11)1-2-7(8)10(21(24)25)4-9(12)15-13/h4,6H,1-3,5H2,(H,15,22)(H,16,23)(H,17,18,19,20). The highest BCUT2D eigenvalue weighted by Crippen LogP contribution is 2.34. The van der Waals surface area contributed by atoms with Crippen LogP contribution in [0.5, 0.6) is 0 Å². The number of rotatable bonds is 4. The van der Waals surface area contributed by atoms with Gasteiger partial charge in [-0.1, -0.05) is 0 Å². The number of hydrogen-bond donors (Lipinski definition) is 3. The van der Waals surface area contributed by atoms with Crippen molar-refractivity contribution in [2.75, 3.05) is 0 Å². The van der Waals surface area contributed by atoms with Crippen molar-refractivity contribution >= 4 is 16.7 Å². The van der Waals surface area contributed by atoms with Crippen molar-refractivity contribution in [3.05, 3.63) is 53.8 Å². The first-order valence-electron chi connectivity index (χ1n) is 7.82. The average molecular weight is 359 g/mol. The van der Waals surface area contributed by atoms with Crippen molar-refractivity contribution in [1.82, 2.24) is 30.6 Å². The van der Waals surface area contributed by atoms with Crippen molar-refractivity contribution in [2.24, 2.45) is 0 Å². The summed E-state index contributed by atoms with van der Waals surface area (Å²) < 4.78 is 5.78. The Morgan fingerprint density at radius 1 is 1.27 bits per heavy atom. The molecule has 1 aliphatic carbocycles. The van der Waals surface area contributed by atoms with E-state index < -0.39 is 16.0 Å². The number of aromatic nitrogens is 6. The van der Waals surface area contributed by atoms with Crippen LogP contribution in [0.4, 0.5) is 5.69 Å². The Morgan fingerprint density at radius 2 is 2.08 bits per heavy atom. The Bertz CT molecular complexity index is 1100. The minimum absolute atomic E-state index is 0.0758. The van der Waals surface area contributed by atoms with E-state index in [9.17, 15) is 19.7 Å². The first-order valence-corrected chi connectivity index (χ1v) is 7.82. The zero-order valence-corrected chi connectivity index (χ0v) is 13.3. The topological polar surface area (TPSA) is 173 Å². The smallest absolute Gasteiger partial charge is 0.314 e. The molecule has 1 aliphatic rings. The molecule has 12 heteroatoms. The largest absolute Gasteiger partial charge is 0.370 e. The minimum Gasteiger partial charge on any atom is -0.370 e. The molecule has 0 spiro atoms. The molecule has 2 heterocycles. The second kappa shape index (κ2) is 6.15. The van der Waals surface area contributed by atoms with Gasteiger partial charge < -0.3 is 14.7 Å². The molecule has 0 saturated heterocycles. The Hall–Kier alpha value is -3.41. The van der Waals surface area contributed by atoms with E-state index in [1.807, 2.05) is 0 Å². The predicted octanol–water partition coefficient (Wildman–Crippen LogP) is -0.288. The highest BCUT2D eigenvalue weighted by atomic mass is 16.6. The number of nitrogens with one attached hydrogen (secondary N) is 3. The molecule has 134 valence electrons. The van der Waals surface area contributed by atoms with E-state index in [1.165, 1.54) is 6.07 Å². The van der Waals surface area contributed by atoms with Crippen LogP contribution < -0.4 is 11.1 Å². The van der Waals surface area contributed by atoms with E-state index in [0.29, 0.717) is 41.7 Å². The number of nitrogens with zero attached hydrogens (tertiary/aromatic N) is 4. The van der Waals surface area contributed by atoms with Gasteiger partial charge in [-0.3, -0.25) is 19.7 Å². The number of aromatic amines is 3. The molecule has 0 fully saturated rings. The lowest BCUT2D eigenvalue weighted by molar-refractivity contribution is -0.385. The molecule has 0 aliphatic heterocycles. The maximum absolute atomic E-state index is 11.7. The van der Waals surface area contributed by atoms with E-state index in [0.717, 1.165) is 0 Å². The molecule has 1 aromatic carbocycles. The fourth-order valence-corrected chi connectivity index (χ4v) is 3.24. The molecular formula is C14H13N7O5. The van der Waals surface area contributed by atoms with Gasteiger partial charge in [0, 0.05) is 18.1 Å². The maximum atomic E-state index is 11.7. The first kappa shape index (κ1) is 16.1. The molecule has 0 amide bonds. The lowest BCUT2D eigenvalue weighted by Crippen LogP contribution is -2.31. The van der Waals surface area contributed by atoms with E-state index in [4.69, 9.17) is 4.74 Å². The van der Waals surface area contributed by atoms with Crippen molar-refractivity contribution in [3.63, 3.8) is 0 Å². The second-order valence-corrected chi connectivity index (χ2v) is 5.96. The summed E-state index contributed by atoms with van der Waals surface area (Å²) in [5, 5.41) is 24.7. The third-order valence-electron chi connectivity index (χ3n) is 4.41. The lowest BCUT2D eigenvalue weighted by Gasteiger charge is -2.25. The van der Waals surface area contributed by atoms with Crippen LogP contribution in [0.25, 0.3) is 11.0 Å². The molecule has 26 heavy (non-hydrogen) atoms. The fourth-order valence-electron chi connectivity index (χ4n) is 3.24. The summed E-state index contributed by atoms with van der Waals surface area (Å²) in [6, 6.07) is 1.28. The zero-order chi connectivity index (χ0) is 18.3. The second-order valence-electron chi connectivity index (χ2n) is 5.96. The molecule has 3 aromatic rings. The van der Waals surface area contributed by atoms with Crippen molar-refractivity contribution in [1.29, 1.82) is 0 Å². The quantitative estimate of drug-likeness (QED) is 0.324. The molecule has 12 nitrogen and oxygen atoms in total. The van der Waals surface area contributed by atoms with Crippen LogP contribution in [-0.4, -0.2) is 41.6 Å². The average Bonchev–Trinajstić information content (AvgIpc) is 3.14. The van der Waals surface area contributed by atoms with Crippen LogP contribution in [-0.2, 0) is 24.2 Å². The third kappa shape index (κ3) is 2.75. The van der Waals surface area contributed by atoms with Crippen LogP contribution >= 0.6 is 0 Å². The summed E-state index contributed by atoms with van der Waals surface area (Å²) in [6.07, 6.45) is 1.13. The summed E-state index contributed by atoms with van der Waals surface area (Å²) in [6.45, 7) is 0.174. The highest BCUT2D eigenvalue weighted by molar-refractivity contribution is 5.83. The summed E-state index contributed by atoms with van der Waals surface area (Å²) in [5.41, 5.74) is 0.0384. The number of fused-ring (bicyclic) bond motifs is 3. The number of ether oxygens (including phenoxy) is 1. The number of H-pyrrole nitrogens is 3. The highest BCUT2D eigenvalue weighted by Gasteiger charge is 2.29. The predicted molar refractivity (Wildman–Crippen MR) is 86.6 cm³/mol. The van der Waals surface area contributed by atoms with Crippen LogP contribution in [0.2, 0.25) is 0 Å². The molecule has 3 N–H and O–H groups in total. The number of hydrogen-bond acceptors (Lipinski definition) is 8. The Labute approximate surface area is 143 Å². The first-order chi connectivity index (χ1) is 12.5. The van der Waals surface area contributed by atoms with Crippen molar-refractivity contribution < 1.29 is 9.66 Å². The van der Waals surface area contributed by atoms with Gasteiger partial charge in [0.1, 0.15) is 6.61 Å². The molecule has 0 radical (unpaired) electrons. The maximum Gasteiger partial charge on any atom is 0.314 e. The van der Waals surface area contributed by atoms with Crippen molar-refractivity contribution in [2.45, 2.75) is 32.0 Å². The van der Waals surface area contributed by atoms with Gasteiger partial charge in [-0.2, -0.15) is 0 Å². The monoisotopic (exact) mass is 359 g/mol. The van der Waals surface area contributed by atoms with Crippen LogP contribution in [0.1, 0.15) is 23.4 Å². The molecular weight excluding hydrogens is 346 g/mol. The molecule has 4 rings (SSSR count). The lowest BCUT2D eigenvalue weighted by atomic mass is 9.87. The van der Waals surface area contributed by atoms with Gasteiger partial charge in [-0.05, 0) is 28.8 Å². The number of benzene rings is 1. The summed E-state index contributed by atoms with van der Waals surface area (Å²) in [4.78, 5) is 39.1. The van der Waals surface area contributed by atoms with E-state index in [-0.39, 0.29) is 23.9 Å². The van der Waals surface area contributed by atoms with Gasteiger partial charge in [-0.15, -0.1) is 5.10 Å². The zero-order valence-electron chi connectivity index (χ0n) is 13.3. The Morgan fingerprint density at radius 3 is 2.81 bits per heavy atom. The summed E-state index contributed by atoms with van der Waals surface area (Å²) >= 11 is 0. The molecule has 0 saturated carbocycles. The van der Waals surface area contributed by atoms with Gasteiger partial charge in [0.05, 0.1) is 22.1 Å².